The van der Waals surface area contributed by atoms with Crippen LogP contribution in [0.3, 0.4) is 0 Å². The summed E-state index contributed by atoms with van der Waals surface area (Å²) in [5.41, 5.74) is 0.916. The molecule has 1 N–H and O–H groups in total. The fourth-order valence-electron chi connectivity index (χ4n) is 2.14. The summed E-state index contributed by atoms with van der Waals surface area (Å²) >= 11 is 0. The van der Waals surface area contributed by atoms with Crippen LogP contribution in [-0.4, -0.2) is 16.0 Å². The molecule has 0 saturated heterocycles. The number of halogens is 1. The Bertz CT molecular complexity index is 368. The molecule has 3 nitrogen and oxygen atoms in total. The van der Waals surface area contributed by atoms with Gasteiger partial charge in [-0.15, -0.1) is 0 Å². The molecule has 0 bridgehead atoms. The van der Waals surface area contributed by atoms with E-state index in [9.17, 15) is 4.39 Å². The van der Waals surface area contributed by atoms with Crippen molar-refractivity contribution >= 4 is 5.82 Å². The molecule has 0 spiro atoms. The Hall–Kier alpha value is -1.19. The molecule has 0 unspecified atom stereocenters. The van der Waals surface area contributed by atoms with Gasteiger partial charge in [0.1, 0.15) is 12.1 Å². The zero-order valence-corrected chi connectivity index (χ0v) is 9.34. The second-order valence-electron chi connectivity index (χ2n) is 5.05. The Labute approximate surface area is 89.1 Å². The quantitative estimate of drug-likeness (QED) is 0.760. The Kier molecular flexibility index (Phi) is 2.37. The maximum atomic E-state index is 13.1. The van der Waals surface area contributed by atoms with Crippen LogP contribution in [-0.2, 0) is 0 Å². The van der Waals surface area contributed by atoms with Gasteiger partial charge in [-0.3, -0.25) is 0 Å². The Morgan fingerprint density at radius 1 is 1.40 bits per heavy atom. The number of rotatable bonds is 2. The molecule has 1 fully saturated rings. The van der Waals surface area contributed by atoms with E-state index in [4.69, 9.17) is 0 Å². The molecule has 0 aliphatic heterocycles. The van der Waals surface area contributed by atoms with Crippen LogP contribution in [0.2, 0.25) is 0 Å². The first-order valence-electron chi connectivity index (χ1n) is 5.21. The molecule has 1 saturated carbocycles. The second-order valence-corrected chi connectivity index (χ2v) is 5.05. The van der Waals surface area contributed by atoms with Gasteiger partial charge in [0.25, 0.3) is 0 Å². The lowest BCUT2D eigenvalue weighted by Gasteiger charge is -2.43. The highest BCUT2D eigenvalue weighted by atomic mass is 19.1. The third kappa shape index (κ3) is 2.08. The Morgan fingerprint density at radius 2 is 2.07 bits per heavy atom. The van der Waals surface area contributed by atoms with E-state index in [0.29, 0.717) is 22.8 Å². The molecule has 0 atom stereocenters. The van der Waals surface area contributed by atoms with Crippen LogP contribution in [0.25, 0.3) is 0 Å². The van der Waals surface area contributed by atoms with E-state index in [1.807, 2.05) is 0 Å². The van der Waals surface area contributed by atoms with E-state index < -0.39 is 5.95 Å². The van der Waals surface area contributed by atoms with E-state index >= 15 is 0 Å². The summed E-state index contributed by atoms with van der Waals surface area (Å²) in [6.07, 6.45) is 3.48. The number of anilines is 1. The first kappa shape index (κ1) is 10.3. The van der Waals surface area contributed by atoms with Crippen LogP contribution in [0, 0.1) is 18.3 Å². The predicted octanol–water partition coefficient (Wildman–Crippen LogP) is 2.52. The molecule has 1 aromatic heterocycles. The van der Waals surface area contributed by atoms with Crippen LogP contribution >= 0.6 is 0 Å². The van der Waals surface area contributed by atoms with Gasteiger partial charge >= 0.3 is 0 Å². The summed E-state index contributed by atoms with van der Waals surface area (Å²) in [6, 6.07) is 0.424. The summed E-state index contributed by atoms with van der Waals surface area (Å²) in [6.45, 7) is 6.17. The molecule has 0 amide bonds. The molecule has 1 aromatic rings. The normalized spacial score (nSPS) is 19.7. The number of hydrogen-bond donors (Lipinski definition) is 1. The third-order valence-corrected chi connectivity index (χ3v) is 2.96. The molecule has 0 aromatic carbocycles. The number of aromatic nitrogens is 2. The fraction of sp³-hybridized carbons (Fsp3) is 0.636. The van der Waals surface area contributed by atoms with E-state index in [1.165, 1.54) is 6.33 Å². The lowest BCUT2D eigenvalue weighted by atomic mass is 9.68. The fourth-order valence-corrected chi connectivity index (χ4v) is 2.14. The summed E-state index contributed by atoms with van der Waals surface area (Å²) in [5.74, 6) is 0.189. The van der Waals surface area contributed by atoms with E-state index in [1.54, 1.807) is 6.92 Å². The zero-order valence-electron chi connectivity index (χ0n) is 9.34. The lowest BCUT2D eigenvalue weighted by molar-refractivity contribution is 0.167. The van der Waals surface area contributed by atoms with Gasteiger partial charge in [0.15, 0.2) is 0 Å². The minimum absolute atomic E-state index is 0.414. The summed E-state index contributed by atoms with van der Waals surface area (Å²) in [4.78, 5) is 7.55. The predicted molar refractivity (Wildman–Crippen MR) is 57.2 cm³/mol. The molecule has 1 aliphatic carbocycles. The lowest BCUT2D eigenvalue weighted by Crippen LogP contribution is -2.41. The number of hydrogen-bond acceptors (Lipinski definition) is 3. The molecular weight excluding hydrogens is 193 g/mol. The van der Waals surface area contributed by atoms with Gasteiger partial charge in [0.05, 0.1) is 0 Å². The maximum Gasteiger partial charge on any atom is 0.220 e. The van der Waals surface area contributed by atoms with E-state index in [0.717, 1.165) is 12.8 Å². The van der Waals surface area contributed by atoms with Crippen molar-refractivity contribution < 1.29 is 4.39 Å². The first-order chi connectivity index (χ1) is 6.98. The molecule has 2 rings (SSSR count). The largest absolute Gasteiger partial charge is 0.367 e. The molecule has 1 aliphatic rings. The molecule has 4 heteroatoms. The van der Waals surface area contributed by atoms with Crippen molar-refractivity contribution in [1.82, 2.24) is 9.97 Å². The topological polar surface area (TPSA) is 37.8 Å². The molecule has 1 heterocycles. The van der Waals surface area contributed by atoms with Gasteiger partial charge in [0.2, 0.25) is 5.95 Å². The van der Waals surface area contributed by atoms with Crippen molar-refractivity contribution in [2.75, 3.05) is 5.32 Å². The van der Waals surface area contributed by atoms with Crippen LogP contribution in [0.1, 0.15) is 32.3 Å². The number of nitrogens with zero attached hydrogens (tertiary/aromatic N) is 2. The highest BCUT2D eigenvalue weighted by Crippen LogP contribution is 2.41. The molecule has 82 valence electrons. The third-order valence-electron chi connectivity index (χ3n) is 2.96. The van der Waals surface area contributed by atoms with Crippen molar-refractivity contribution in [1.29, 1.82) is 0 Å². The highest BCUT2D eigenvalue weighted by molar-refractivity contribution is 5.43. The maximum absolute atomic E-state index is 13.1. The van der Waals surface area contributed by atoms with Crippen molar-refractivity contribution in [3.05, 3.63) is 17.8 Å². The number of nitrogens with one attached hydrogen (secondary N) is 1. The monoisotopic (exact) mass is 209 g/mol. The standard InChI is InChI=1S/C11H16FN3/c1-7-9(12)13-6-14-10(7)15-8-4-11(2,3)5-8/h6,8H,4-5H2,1-3H3,(H,13,14,15). The Morgan fingerprint density at radius 3 is 2.67 bits per heavy atom. The minimum Gasteiger partial charge on any atom is -0.367 e. The van der Waals surface area contributed by atoms with Gasteiger partial charge in [-0.05, 0) is 25.2 Å². The van der Waals surface area contributed by atoms with Gasteiger partial charge in [-0.2, -0.15) is 4.39 Å². The van der Waals surface area contributed by atoms with Gasteiger partial charge in [0, 0.05) is 11.6 Å². The van der Waals surface area contributed by atoms with Crippen molar-refractivity contribution in [2.45, 2.75) is 39.7 Å². The van der Waals surface area contributed by atoms with Crippen molar-refractivity contribution in [2.24, 2.45) is 5.41 Å². The smallest absolute Gasteiger partial charge is 0.220 e. The van der Waals surface area contributed by atoms with Crippen molar-refractivity contribution in [3.8, 4) is 0 Å². The van der Waals surface area contributed by atoms with Crippen molar-refractivity contribution in [3.63, 3.8) is 0 Å². The average Bonchev–Trinajstić information content (AvgIpc) is 2.10. The highest BCUT2D eigenvalue weighted by Gasteiger charge is 2.36. The summed E-state index contributed by atoms with van der Waals surface area (Å²) < 4.78 is 13.1. The summed E-state index contributed by atoms with van der Waals surface area (Å²) in [5, 5.41) is 3.25. The molecule has 0 radical (unpaired) electrons. The van der Waals surface area contributed by atoms with Crippen LogP contribution < -0.4 is 5.32 Å². The first-order valence-corrected chi connectivity index (χ1v) is 5.21. The molecule has 15 heavy (non-hydrogen) atoms. The van der Waals surface area contributed by atoms with Gasteiger partial charge < -0.3 is 5.32 Å². The van der Waals surface area contributed by atoms with E-state index in [-0.39, 0.29) is 0 Å². The van der Waals surface area contributed by atoms with Crippen LogP contribution in [0.4, 0.5) is 10.2 Å². The average molecular weight is 209 g/mol. The van der Waals surface area contributed by atoms with Gasteiger partial charge in [-0.1, -0.05) is 13.8 Å². The molecular formula is C11H16FN3. The van der Waals surface area contributed by atoms with Crippen LogP contribution in [0.15, 0.2) is 6.33 Å². The van der Waals surface area contributed by atoms with E-state index in [2.05, 4.69) is 29.1 Å². The zero-order chi connectivity index (χ0) is 11.1. The SMILES string of the molecule is Cc1c(F)ncnc1NC1CC(C)(C)C1. The van der Waals surface area contributed by atoms with Gasteiger partial charge in [-0.25, -0.2) is 9.97 Å². The Balaban J connectivity index is 2.03. The second kappa shape index (κ2) is 3.43. The van der Waals surface area contributed by atoms with Crippen LogP contribution in [0.5, 0.6) is 0 Å². The minimum atomic E-state index is -0.439. The summed E-state index contributed by atoms with van der Waals surface area (Å²) in [7, 11) is 0.